The van der Waals surface area contributed by atoms with E-state index in [1.165, 1.54) is 38.0 Å². The second-order valence-corrected chi connectivity index (χ2v) is 8.12. The molecule has 0 unspecified atom stereocenters. The fraction of sp³-hybridized carbons (Fsp3) is 0.478. The molecule has 3 rings (SSSR count). The molecule has 3 aromatic rings. The van der Waals surface area contributed by atoms with Crippen LogP contribution in [0, 0.1) is 0 Å². The minimum atomic E-state index is -0.663. The number of carbonyl (C=O) groups excluding carboxylic acids is 1. The number of fused-ring (bicyclic) bond motifs is 1. The number of hydrogen-bond acceptors (Lipinski definition) is 9. The zero-order valence-corrected chi connectivity index (χ0v) is 20.9. The molecule has 190 valence electrons. The Hall–Kier alpha value is -3.80. The molecule has 0 bridgehead atoms. The van der Waals surface area contributed by atoms with E-state index in [1.807, 2.05) is 14.1 Å². The number of aryl methyl sites for hydroxylation is 2. The van der Waals surface area contributed by atoms with Gasteiger partial charge in [-0.3, -0.25) is 13.9 Å². The third-order valence-electron chi connectivity index (χ3n) is 5.55. The van der Waals surface area contributed by atoms with Gasteiger partial charge in [-0.05, 0) is 39.2 Å². The number of ether oxygens (including phenoxy) is 4. The van der Waals surface area contributed by atoms with Crippen molar-refractivity contribution in [1.82, 2.24) is 23.6 Å². The second-order valence-electron chi connectivity index (χ2n) is 8.12. The van der Waals surface area contributed by atoms with E-state index < -0.39 is 17.2 Å². The third kappa shape index (κ3) is 5.32. The molecule has 0 aliphatic heterocycles. The van der Waals surface area contributed by atoms with Crippen LogP contribution in [0.5, 0.6) is 17.2 Å². The van der Waals surface area contributed by atoms with Crippen LogP contribution >= 0.6 is 0 Å². The van der Waals surface area contributed by atoms with Gasteiger partial charge in [0, 0.05) is 13.6 Å². The van der Waals surface area contributed by atoms with E-state index in [9.17, 15) is 14.4 Å². The Bertz CT molecular complexity index is 1300. The molecule has 0 N–H and O–H groups in total. The van der Waals surface area contributed by atoms with Crippen LogP contribution in [0.1, 0.15) is 16.8 Å². The summed E-state index contributed by atoms with van der Waals surface area (Å²) in [6, 6.07) is 2.93. The smallest absolute Gasteiger partial charge is 0.338 e. The molecule has 12 heteroatoms. The SMILES string of the molecule is COc1cc(C(=O)OCCn2c(=O)c3c(ncn3CCCN(C)C)n(C)c2=O)cc(OC)c1OC. The molecule has 0 radical (unpaired) electrons. The molecule has 35 heavy (non-hydrogen) atoms. The monoisotopic (exact) mass is 489 g/mol. The lowest BCUT2D eigenvalue weighted by Gasteiger charge is -2.14. The highest BCUT2D eigenvalue weighted by atomic mass is 16.5. The summed E-state index contributed by atoms with van der Waals surface area (Å²) in [5.41, 5.74) is -0.189. The van der Waals surface area contributed by atoms with Crippen LogP contribution in [-0.4, -0.2) is 78.1 Å². The van der Waals surface area contributed by atoms with Crippen LogP contribution in [-0.2, 0) is 24.9 Å². The van der Waals surface area contributed by atoms with Crippen LogP contribution < -0.4 is 25.5 Å². The van der Waals surface area contributed by atoms with Gasteiger partial charge in [0.25, 0.3) is 5.56 Å². The number of carbonyl (C=O) groups is 1. The van der Waals surface area contributed by atoms with Crippen molar-refractivity contribution >= 4 is 17.1 Å². The number of imidazole rings is 1. The van der Waals surface area contributed by atoms with E-state index in [0.717, 1.165) is 17.5 Å². The fourth-order valence-electron chi connectivity index (χ4n) is 3.76. The van der Waals surface area contributed by atoms with Gasteiger partial charge in [0.2, 0.25) is 5.75 Å². The molecular formula is C23H31N5O7. The summed E-state index contributed by atoms with van der Waals surface area (Å²) in [5.74, 6) is 0.287. The van der Waals surface area contributed by atoms with Crippen molar-refractivity contribution in [2.24, 2.45) is 7.05 Å². The number of methoxy groups -OCH3 is 3. The summed E-state index contributed by atoms with van der Waals surface area (Å²) in [7, 11) is 9.84. The summed E-state index contributed by atoms with van der Waals surface area (Å²) >= 11 is 0. The van der Waals surface area contributed by atoms with E-state index in [0.29, 0.717) is 35.0 Å². The summed E-state index contributed by atoms with van der Waals surface area (Å²) in [6.07, 6.45) is 2.38. The topological polar surface area (TPSA) is 119 Å². The van der Waals surface area contributed by atoms with E-state index in [-0.39, 0.29) is 18.7 Å². The summed E-state index contributed by atoms with van der Waals surface area (Å²) in [4.78, 5) is 44.9. The van der Waals surface area contributed by atoms with Crippen molar-refractivity contribution < 1.29 is 23.7 Å². The maximum Gasteiger partial charge on any atom is 0.338 e. The average molecular weight is 490 g/mol. The zero-order chi connectivity index (χ0) is 25.7. The number of nitrogens with zero attached hydrogens (tertiary/aromatic N) is 5. The molecule has 0 spiro atoms. The largest absolute Gasteiger partial charge is 0.493 e. The first-order valence-electron chi connectivity index (χ1n) is 11.0. The van der Waals surface area contributed by atoms with Gasteiger partial charge < -0.3 is 28.4 Å². The average Bonchev–Trinajstić information content (AvgIpc) is 3.27. The van der Waals surface area contributed by atoms with E-state index >= 15 is 0 Å². The van der Waals surface area contributed by atoms with Crippen LogP contribution in [0.25, 0.3) is 11.2 Å². The highest BCUT2D eigenvalue weighted by Crippen LogP contribution is 2.38. The lowest BCUT2D eigenvalue weighted by Crippen LogP contribution is -2.40. The summed E-state index contributed by atoms with van der Waals surface area (Å²) < 4.78 is 25.2. The number of rotatable bonds is 11. The molecular weight excluding hydrogens is 458 g/mol. The van der Waals surface area contributed by atoms with E-state index in [4.69, 9.17) is 18.9 Å². The molecule has 0 saturated carbocycles. The van der Waals surface area contributed by atoms with Gasteiger partial charge in [0.15, 0.2) is 22.7 Å². The lowest BCUT2D eigenvalue weighted by atomic mass is 10.2. The van der Waals surface area contributed by atoms with Gasteiger partial charge in [-0.25, -0.2) is 14.6 Å². The van der Waals surface area contributed by atoms with Crippen molar-refractivity contribution in [3.05, 3.63) is 44.9 Å². The highest BCUT2D eigenvalue weighted by molar-refractivity contribution is 5.91. The van der Waals surface area contributed by atoms with Gasteiger partial charge in [-0.1, -0.05) is 0 Å². The number of aromatic nitrogens is 4. The summed E-state index contributed by atoms with van der Waals surface area (Å²) in [5, 5.41) is 0. The molecule has 0 fully saturated rings. The van der Waals surface area contributed by atoms with Crippen LogP contribution in [0.2, 0.25) is 0 Å². The molecule has 1 aromatic carbocycles. The Balaban J connectivity index is 1.81. The van der Waals surface area contributed by atoms with E-state index in [2.05, 4.69) is 9.88 Å². The van der Waals surface area contributed by atoms with Crippen molar-refractivity contribution in [1.29, 1.82) is 0 Å². The van der Waals surface area contributed by atoms with Crippen molar-refractivity contribution in [2.75, 3.05) is 48.6 Å². The fourth-order valence-corrected chi connectivity index (χ4v) is 3.76. The Morgan fingerprint density at radius 3 is 2.26 bits per heavy atom. The van der Waals surface area contributed by atoms with E-state index in [1.54, 1.807) is 17.9 Å². The van der Waals surface area contributed by atoms with Gasteiger partial charge in [0.05, 0.1) is 39.8 Å². The Morgan fingerprint density at radius 2 is 1.69 bits per heavy atom. The molecule has 0 amide bonds. The second kappa shape index (κ2) is 11.1. The normalized spacial score (nSPS) is 11.2. The standard InChI is InChI=1S/C23H31N5O7/c1-25(2)8-7-9-27-14-24-20-18(27)21(29)28(23(31)26(20)3)10-11-35-22(30)15-12-16(32-4)19(34-6)17(13-15)33-5/h12-14H,7-11H2,1-6H3. The Kier molecular flexibility index (Phi) is 8.18. The van der Waals surface area contributed by atoms with Crippen molar-refractivity contribution in [2.45, 2.75) is 19.5 Å². The molecule has 2 aromatic heterocycles. The van der Waals surface area contributed by atoms with Gasteiger partial charge in [-0.15, -0.1) is 0 Å². The van der Waals surface area contributed by atoms with Crippen LogP contribution in [0.4, 0.5) is 0 Å². The Morgan fingerprint density at radius 1 is 1.03 bits per heavy atom. The molecule has 12 nitrogen and oxygen atoms in total. The highest BCUT2D eigenvalue weighted by Gasteiger charge is 2.19. The van der Waals surface area contributed by atoms with Gasteiger partial charge in [0.1, 0.15) is 6.61 Å². The number of hydrogen-bond donors (Lipinski definition) is 0. The first-order valence-corrected chi connectivity index (χ1v) is 11.0. The molecule has 2 heterocycles. The van der Waals surface area contributed by atoms with Crippen molar-refractivity contribution in [3.8, 4) is 17.2 Å². The molecule has 0 saturated heterocycles. The van der Waals surface area contributed by atoms with Gasteiger partial charge >= 0.3 is 11.7 Å². The van der Waals surface area contributed by atoms with Crippen LogP contribution in [0.15, 0.2) is 28.0 Å². The zero-order valence-electron chi connectivity index (χ0n) is 20.9. The molecule has 0 aliphatic rings. The first-order chi connectivity index (χ1) is 16.7. The molecule has 0 aliphatic carbocycles. The third-order valence-corrected chi connectivity index (χ3v) is 5.55. The number of esters is 1. The summed E-state index contributed by atoms with van der Waals surface area (Å²) in [6.45, 7) is 1.13. The van der Waals surface area contributed by atoms with Gasteiger partial charge in [-0.2, -0.15) is 0 Å². The predicted molar refractivity (Wildman–Crippen MR) is 129 cm³/mol. The maximum absolute atomic E-state index is 13.2. The number of benzene rings is 1. The predicted octanol–water partition coefficient (Wildman–Crippen LogP) is 0.731. The minimum absolute atomic E-state index is 0.111. The molecule has 0 atom stereocenters. The maximum atomic E-state index is 13.2. The Labute approximate surface area is 202 Å². The quantitative estimate of drug-likeness (QED) is 0.359. The minimum Gasteiger partial charge on any atom is -0.493 e. The lowest BCUT2D eigenvalue weighted by molar-refractivity contribution is 0.0487. The van der Waals surface area contributed by atoms with Crippen LogP contribution in [0.3, 0.4) is 0 Å². The van der Waals surface area contributed by atoms with Crippen molar-refractivity contribution in [3.63, 3.8) is 0 Å². The first kappa shape index (κ1) is 25.8.